The Morgan fingerprint density at radius 1 is 0.941 bits per heavy atom. The normalized spacial score (nSPS) is 12.5. The maximum atomic E-state index is 10.2. The molecule has 0 fully saturated rings. The van der Waals surface area contributed by atoms with Crippen LogP contribution in [0.3, 0.4) is 0 Å². The van der Waals surface area contributed by atoms with Crippen molar-refractivity contribution in [2.24, 2.45) is 0 Å². The highest BCUT2D eigenvalue weighted by atomic mass is 35.5. The van der Waals surface area contributed by atoms with Crippen LogP contribution in [0.15, 0.2) is 42.5 Å². The van der Waals surface area contributed by atoms with Crippen LogP contribution >= 0.6 is 23.2 Å². The lowest BCUT2D eigenvalue weighted by Gasteiger charge is -2.13. The van der Waals surface area contributed by atoms with Crippen molar-refractivity contribution in [1.29, 1.82) is 0 Å². The van der Waals surface area contributed by atoms with Crippen LogP contribution in [-0.4, -0.2) is 5.11 Å². The lowest BCUT2D eigenvalue weighted by molar-refractivity contribution is 0.220. The highest BCUT2D eigenvalue weighted by molar-refractivity contribution is 6.34. The number of benzene rings is 2. The van der Waals surface area contributed by atoms with Crippen LogP contribution in [0.5, 0.6) is 0 Å². The molecule has 0 bridgehead atoms. The molecule has 0 aromatic heterocycles. The predicted molar refractivity (Wildman–Crippen MR) is 71.7 cm³/mol. The molecule has 0 heterocycles. The van der Waals surface area contributed by atoms with Gasteiger partial charge in [-0.15, -0.1) is 0 Å². The van der Waals surface area contributed by atoms with Gasteiger partial charge in [-0.05, 0) is 36.2 Å². The smallest absolute Gasteiger partial charge is 0.104 e. The molecule has 88 valence electrons. The Kier molecular flexibility index (Phi) is 3.72. The fraction of sp³-hybridized carbons (Fsp3) is 0.143. The zero-order valence-electron chi connectivity index (χ0n) is 9.32. The second-order valence-electron chi connectivity index (χ2n) is 4.02. The summed E-state index contributed by atoms with van der Waals surface area (Å²) in [6.07, 6.45) is -0.703. The SMILES string of the molecule is Cc1cccc([C@@H](O)c2cc(Cl)cc(Cl)c2)c1. The zero-order valence-corrected chi connectivity index (χ0v) is 10.8. The van der Waals surface area contributed by atoms with Gasteiger partial charge in [0.2, 0.25) is 0 Å². The summed E-state index contributed by atoms with van der Waals surface area (Å²) >= 11 is 11.8. The average molecular weight is 267 g/mol. The molecule has 2 aromatic carbocycles. The third-order valence-electron chi connectivity index (χ3n) is 2.56. The summed E-state index contributed by atoms with van der Waals surface area (Å²) in [4.78, 5) is 0. The molecule has 1 atom stereocenters. The number of hydrogen-bond acceptors (Lipinski definition) is 1. The van der Waals surface area contributed by atoms with E-state index in [9.17, 15) is 5.11 Å². The molecule has 0 amide bonds. The highest BCUT2D eigenvalue weighted by Gasteiger charge is 2.11. The largest absolute Gasteiger partial charge is 0.384 e. The summed E-state index contributed by atoms with van der Waals surface area (Å²) in [7, 11) is 0. The minimum atomic E-state index is -0.703. The Labute approximate surface area is 111 Å². The Balaban J connectivity index is 2.39. The maximum absolute atomic E-state index is 10.2. The topological polar surface area (TPSA) is 20.2 Å². The van der Waals surface area contributed by atoms with Gasteiger partial charge >= 0.3 is 0 Å². The molecule has 0 saturated carbocycles. The van der Waals surface area contributed by atoms with E-state index in [0.29, 0.717) is 15.6 Å². The van der Waals surface area contributed by atoms with Crippen molar-refractivity contribution in [2.75, 3.05) is 0 Å². The summed E-state index contributed by atoms with van der Waals surface area (Å²) in [5.41, 5.74) is 2.64. The predicted octanol–water partition coefficient (Wildman–Crippen LogP) is 4.38. The van der Waals surface area contributed by atoms with Crippen molar-refractivity contribution in [2.45, 2.75) is 13.0 Å². The number of aliphatic hydroxyl groups excluding tert-OH is 1. The molecule has 0 radical (unpaired) electrons. The highest BCUT2D eigenvalue weighted by Crippen LogP contribution is 2.27. The molecule has 3 heteroatoms. The van der Waals surface area contributed by atoms with E-state index in [-0.39, 0.29) is 0 Å². The van der Waals surface area contributed by atoms with E-state index in [2.05, 4.69) is 0 Å². The molecule has 0 spiro atoms. The average Bonchev–Trinajstić information content (AvgIpc) is 2.26. The van der Waals surface area contributed by atoms with Gasteiger partial charge in [-0.25, -0.2) is 0 Å². The molecule has 17 heavy (non-hydrogen) atoms. The lowest BCUT2D eigenvalue weighted by Crippen LogP contribution is -1.99. The Bertz CT molecular complexity index is 517. The molecule has 1 nitrogen and oxygen atoms in total. The van der Waals surface area contributed by atoms with E-state index in [4.69, 9.17) is 23.2 Å². The first kappa shape index (κ1) is 12.4. The van der Waals surface area contributed by atoms with Crippen LogP contribution in [0.1, 0.15) is 22.8 Å². The Morgan fingerprint density at radius 2 is 1.59 bits per heavy atom. The van der Waals surface area contributed by atoms with Gasteiger partial charge in [0.1, 0.15) is 6.10 Å². The molecule has 0 aliphatic carbocycles. The number of aryl methyl sites for hydroxylation is 1. The van der Waals surface area contributed by atoms with Gasteiger partial charge in [0.25, 0.3) is 0 Å². The molecule has 0 unspecified atom stereocenters. The van der Waals surface area contributed by atoms with E-state index in [0.717, 1.165) is 11.1 Å². The van der Waals surface area contributed by atoms with Crippen molar-refractivity contribution in [3.63, 3.8) is 0 Å². The van der Waals surface area contributed by atoms with Crippen LogP contribution in [-0.2, 0) is 0 Å². The number of hydrogen-bond donors (Lipinski definition) is 1. The maximum Gasteiger partial charge on any atom is 0.104 e. The number of rotatable bonds is 2. The molecule has 0 saturated heterocycles. The Morgan fingerprint density at radius 3 is 2.18 bits per heavy atom. The van der Waals surface area contributed by atoms with Crippen molar-refractivity contribution in [3.8, 4) is 0 Å². The van der Waals surface area contributed by atoms with Crippen molar-refractivity contribution < 1.29 is 5.11 Å². The van der Waals surface area contributed by atoms with Gasteiger partial charge in [0, 0.05) is 10.0 Å². The molecule has 1 N–H and O–H groups in total. The van der Waals surface area contributed by atoms with Gasteiger partial charge in [0.15, 0.2) is 0 Å². The molecule has 0 aliphatic heterocycles. The van der Waals surface area contributed by atoms with Crippen molar-refractivity contribution >= 4 is 23.2 Å². The van der Waals surface area contributed by atoms with E-state index in [1.807, 2.05) is 31.2 Å². The van der Waals surface area contributed by atoms with Gasteiger partial charge in [-0.1, -0.05) is 53.0 Å². The van der Waals surface area contributed by atoms with Crippen molar-refractivity contribution in [3.05, 3.63) is 69.2 Å². The van der Waals surface area contributed by atoms with E-state index in [1.165, 1.54) is 0 Å². The second kappa shape index (κ2) is 5.09. The van der Waals surface area contributed by atoms with Crippen LogP contribution in [0.4, 0.5) is 0 Å². The first-order valence-corrected chi connectivity index (χ1v) is 6.02. The molecule has 2 aromatic rings. The van der Waals surface area contributed by atoms with Crippen LogP contribution in [0.25, 0.3) is 0 Å². The summed E-state index contributed by atoms with van der Waals surface area (Å²) in [5, 5.41) is 11.3. The monoisotopic (exact) mass is 266 g/mol. The first-order chi connectivity index (χ1) is 8.06. The van der Waals surface area contributed by atoms with E-state index in [1.54, 1.807) is 18.2 Å². The quantitative estimate of drug-likeness (QED) is 0.855. The number of halogens is 2. The summed E-state index contributed by atoms with van der Waals surface area (Å²) in [6, 6.07) is 12.8. The van der Waals surface area contributed by atoms with Crippen molar-refractivity contribution in [1.82, 2.24) is 0 Å². The van der Waals surface area contributed by atoms with Gasteiger partial charge in [-0.2, -0.15) is 0 Å². The Hall–Kier alpha value is -1.02. The summed E-state index contributed by atoms with van der Waals surface area (Å²) in [6.45, 7) is 1.99. The van der Waals surface area contributed by atoms with Gasteiger partial charge < -0.3 is 5.11 Å². The summed E-state index contributed by atoms with van der Waals surface area (Å²) in [5.74, 6) is 0. The van der Waals surface area contributed by atoms with Gasteiger partial charge in [0.05, 0.1) is 0 Å². The molecule has 2 rings (SSSR count). The second-order valence-corrected chi connectivity index (χ2v) is 4.89. The minimum absolute atomic E-state index is 0.527. The fourth-order valence-electron chi connectivity index (χ4n) is 1.77. The third-order valence-corrected chi connectivity index (χ3v) is 2.99. The molecular weight excluding hydrogens is 255 g/mol. The molecular formula is C14H12Cl2O. The number of aliphatic hydroxyl groups is 1. The van der Waals surface area contributed by atoms with Crippen LogP contribution in [0, 0.1) is 6.92 Å². The fourth-order valence-corrected chi connectivity index (χ4v) is 2.31. The zero-order chi connectivity index (χ0) is 12.4. The lowest BCUT2D eigenvalue weighted by atomic mass is 10.0. The summed E-state index contributed by atoms with van der Waals surface area (Å²) < 4.78 is 0. The van der Waals surface area contributed by atoms with Gasteiger partial charge in [-0.3, -0.25) is 0 Å². The van der Waals surface area contributed by atoms with E-state index < -0.39 is 6.10 Å². The standard InChI is InChI=1S/C14H12Cl2O/c1-9-3-2-4-10(5-9)14(17)11-6-12(15)8-13(16)7-11/h2-8,14,17H,1H3/t14-/m1/s1. The minimum Gasteiger partial charge on any atom is -0.384 e. The van der Waals surface area contributed by atoms with Crippen LogP contribution in [0.2, 0.25) is 10.0 Å². The third kappa shape index (κ3) is 3.01. The van der Waals surface area contributed by atoms with Crippen LogP contribution < -0.4 is 0 Å². The first-order valence-electron chi connectivity index (χ1n) is 5.27. The van der Waals surface area contributed by atoms with E-state index >= 15 is 0 Å². The molecule has 0 aliphatic rings.